The van der Waals surface area contributed by atoms with Crippen LogP contribution in [0.25, 0.3) is 0 Å². The van der Waals surface area contributed by atoms with Crippen molar-refractivity contribution >= 4 is 5.96 Å². The maximum absolute atomic E-state index is 7.66. The lowest BCUT2D eigenvalue weighted by Crippen LogP contribution is -2.38. The van der Waals surface area contributed by atoms with E-state index in [1.165, 1.54) is 0 Å². The third-order valence-electron chi connectivity index (χ3n) is 2.43. The summed E-state index contributed by atoms with van der Waals surface area (Å²) in [7, 11) is 3.66. The molecule has 0 fully saturated rings. The molecule has 3 nitrogen and oxygen atoms in total. The molecule has 0 saturated heterocycles. The van der Waals surface area contributed by atoms with Gasteiger partial charge in [0.25, 0.3) is 0 Å². The van der Waals surface area contributed by atoms with E-state index in [1.54, 1.807) is 7.05 Å². The van der Waals surface area contributed by atoms with Gasteiger partial charge in [-0.3, -0.25) is 5.41 Å². The summed E-state index contributed by atoms with van der Waals surface area (Å²) >= 11 is 0. The summed E-state index contributed by atoms with van der Waals surface area (Å²) in [6, 6.07) is 0. The molecule has 0 aliphatic heterocycles. The Balaban J connectivity index is 4.67. The first-order chi connectivity index (χ1) is 8.06. The van der Waals surface area contributed by atoms with Gasteiger partial charge in [-0.1, -0.05) is 31.1 Å². The van der Waals surface area contributed by atoms with Crippen molar-refractivity contribution in [2.75, 3.05) is 20.6 Å². The minimum Gasteiger partial charge on any atom is -0.359 e. The highest BCUT2D eigenvalue weighted by atomic mass is 15.2. The Bertz CT molecular complexity index is 355. The molecule has 0 bridgehead atoms. The SMILES string of the molecule is CC#C/C(=C\C=C/C)C(C)CN(C)C(=N)NC. The van der Waals surface area contributed by atoms with Crippen molar-refractivity contribution in [1.82, 2.24) is 10.2 Å². The zero-order chi connectivity index (χ0) is 13.3. The van der Waals surface area contributed by atoms with Crippen molar-refractivity contribution in [2.24, 2.45) is 5.92 Å². The number of hydrogen-bond acceptors (Lipinski definition) is 1. The third kappa shape index (κ3) is 5.82. The van der Waals surface area contributed by atoms with E-state index in [0.29, 0.717) is 11.9 Å². The Hall–Kier alpha value is -1.69. The van der Waals surface area contributed by atoms with Crippen molar-refractivity contribution < 1.29 is 0 Å². The monoisotopic (exact) mass is 233 g/mol. The van der Waals surface area contributed by atoms with Crippen LogP contribution < -0.4 is 5.32 Å². The molecule has 94 valence electrons. The lowest BCUT2D eigenvalue weighted by Gasteiger charge is -2.23. The number of nitrogens with one attached hydrogen (secondary N) is 2. The second kappa shape index (κ2) is 8.46. The smallest absolute Gasteiger partial charge is 0.190 e. The fourth-order valence-corrected chi connectivity index (χ4v) is 1.46. The summed E-state index contributed by atoms with van der Waals surface area (Å²) in [5.74, 6) is 6.78. The first-order valence-corrected chi connectivity index (χ1v) is 5.79. The zero-order valence-electron chi connectivity index (χ0n) is 11.5. The van der Waals surface area contributed by atoms with Crippen LogP contribution in [0.5, 0.6) is 0 Å². The molecule has 1 unspecified atom stereocenters. The molecule has 0 radical (unpaired) electrons. The van der Waals surface area contributed by atoms with Crippen LogP contribution in [-0.4, -0.2) is 31.5 Å². The Morgan fingerprint density at radius 2 is 2.18 bits per heavy atom. The molecule has 0 aromatic heterocycles. The van der Waals surface area contributed by atoms with Gasteiger partial charge < -0.3 is 10.2 Å². The van der Waals surface area contributed by atoms with Crippen LogP contribution in [0.4, 0.5) is 0 Å². The van der Waals surface area contributed by atoms with Crippen LogP contribution in [0.1, 0.15) is 20.8 Å². The van der Waals surface area contributed by atoms with Crippen LogP contribution in [-0.2, 0) is 0 Å². The van der Waals surface area contributed by atoms with Crippen LogP contribution >= 0.6 is 0 Å². The molecular weight excluding hydrogens is 210 g/mol. The van der Waals surface area contributed by atoms with Crippen molar-refractivity contribution in [1.29, 1.82) is 5.41 Å². The maximum atomic E-state index is 7.66. The second-order valence-corrected chi connectivity index (χ2v) is 3.90. The molecule has 0 amide bonds. The molecule has 0 rings (SSSR count). The van der Waals surface area contributed by atoms with Gasteiger partial charge in [-0.2, -0.15) is 0 Å². The molecule has 0 heterocycles. The highest BCUT2D eigenvalue weighted by molar-refractivity contribution is 5.76. The van der Waals surface area contributed by atoms with Crippen LogP contribution in [0.3, 0.4) is 0 Å². The van der Waals surface area contributed by atoms with Gasteiger partial charge in [-0.05, 0) is 13.8 Å². The van der Waals surface area contributed by atoms with Gasteiger partial charge in [-0.15, -0.1) is 5.92 Å². The number of rotatable bonds is 4. The fourth-order valence-electron chi connectivity index (χ4n) is 1.46. The first-order valence-electron chi connectivity index (χ1n) is 5.79. The summed E-state index contributed by atoms with van der Waals surface area (Å²) in [6.45, 7) is 6.73. The minimum atomic E-state index is 0.303. The first kappa shape index (κ1) is 15.3. The van der Waals surface area contributed by atoms with E-state index in [4.69, 9.17) is 5.41 Å². The summed E-state index contributed by atoms with van der Waals surface area (Å²) < 4.78 is 0. The van der Waals surface area contributed by atoms with Crippen LogP contribution in [0, 0.1) is 23.2 Å². The molecule has 17 heavy (non-hydrogen) atoms. The summed E-state index contributed by atoms with van der Waals surface area (Å²) in [5.41, 5.74) is 1.10. The Labute approximate surface area is 105 Å². The number of guanidine groups is 1. The summed E-state index contributed by atoms with van der Waals surface area (Å²) in [4.78, 5) is 1.88. The molecule has 0 aliphatic carbocycles. The third-order valence-corrected chi connectivity index (χ3v) is 2.43. The van der Waals surface area contributed by atoms with E-state index < -0.39 is 0 Å². The molecule has 2 N–H and O–H groups in total. The van der Waals surface area contributed by atoms with Gasteiger partial charge in [0.1, 0.15) is 0 Å². The number of hydrogen-bond donors (Lipinski definition) is 2. The van der Waals surface area contributed by atoms with E-state index in [-0.39, 0.29) is 0 Å². The van der Waals surface area contributed by atoms with E-state index in [2.05, 4.69) is 24.1 Å². The molecule has 0 aromatic rings. The van der Waals surface area contributed by atoms with Gasteiger partial charge in [0.05, 0.1) is 0 Å². The Morgan fingerprint density at radius 1 is 1.53 bits per heavy atom. The van der Waals surface area contributed by atoms with Gasteiger partial charge in [-0.25, -0.2) is 0 Å². The Morgan fingerprint density at radius 3 is 2.65 bits per heavy atom. The lowest BCUT2D eigenvalue weighted by atomic mass is 10.0. The standard InChI is InChI=1S/C14H23N3/c1-6-8-10-13(9-7-2)12(3)11-17(5)14(15)16-4/h6,8,10,12H,11H2,1-5H3,(H2,15,16)/b8-6-,13-10+. The number of allylic oxidation sites excluding steroid dienone is 3. The Kier molecular flexibility index (Phi) is 7.62. The molecule has 1 atom stereocenters. The van der Waals surface area contributed by atoms with E-state index in [0.717, 1.165) is 12.1 Å². The predicted molar refractivity (Wildman–Crippen MR) is 74.9 cm³/mol. The van der Waals surface area contributed by atoms with E-state index in [1.807, 2.05) is 44.0 Å². The molecular formula is C14H23N3. The molecule has 3 heteroatoms. The van der Waals surface area contributed by atoms with Gasteiger partial charge in [0, 0.05) is 32.1 Å². The average molecular weight is 233 g/mol. The maximum Gasteiger partial charge on any atom is 0.190 e. The molecule has 0 aliphatic rings. The molecule has 0 saturated carbocycles. The van der Waals surface area contributed by atoms with Crippen molar-refractivity contribution in [3.05, 3.63) is 23.8 Å². The van der Waals surface area contributed by atoms with Crippen molar-refractivity contribution in [2.45, 2.75) is 20.8 Å². The quantitative estimate of drug-likeness (QED) is 0.338. The molecule has 0 spiro atoms. The highest BCUT2D eigenvalue weighted by Gasteiger charge is 2.11. The number of nitrogens with zero attached hydrogens (tertiary/aromatic N) is 1. The topological polar surface area (TPSA) is 39.1 Å². The van der Waals surface area contributed by atoms with Crippen LogP contribution in [0.15, 0.2) is 23.8 Å². The van der Waals surface area contributed by atoms with Gasteiger partial charge >= 0.3 is 0 Å². The van der Waals surface area contributed by atoms with Crippen molar-refractivity contribution in [3.8, 4) is 11.8 Å². The zero-order valence-corrected chi connectivity index (χ0v) is 11.5. The summed E-state index contributed by atoms with van der Waals surface area (Å²) in [5, 5.41) is 10.5. The average Bonchev–Trinajstić information content (AvgIpc) is 2.32. The van der Waals surface area contributed by atoms with Crippen LogP contribution in [0.2, 0.25) is 0 Å². The minimum absolute atomic E-state index is 0.303. The van der Waals surface area contributed by atoms with E-state index in [9.17, 15) is 0 Å². The van der Waals surface area contributed by atoms with E-state index >= 15 is 0 Å². The summed E-state index contributed by atoms with van der Waals surface area (Å²) in [6.07, 6.45) is 6.03. The van der Waals surface area contributed by atoms with Gasteiger partial charge in [0.2, 0.25) is 0 Å². The lowest BCUT2D eigenvalue weighted by molar-refractivity contribution is 0.429. The second-order valence-electron chi connectivity index (χ2n) is 3.90. The molecule has 0 aromatic carbocycles. The highest BCUT2D eigenvalue weighted by Crippen LogP contribution is 2.11. The van der Waals surface area contributed by atoms with Crippen molar-refractivity contribution in [3.63, 3.8) is 0 Å². The normalized spacial score (nSPS) is 12.9. The van der Waals surface area contributed by atoms with Gasteiger partial charge in [0.15, 0.2) is 5.96 Å². The fraction of sp³-hybridized carbons (Fsp3) is 0.500. The predicted octanol–water partition coefficient (Wildman–Crippen LogP) is 2.23. The largest absolute Gasteiger partial charge is 0.359 e.